The number of esters is 1. The van der Waals surface area contributed by atoms with Gasteiger partial charge in [0.2, 0.25) is 0 Å². The number of carbonyl (C=O) groups is 2. The maximum atomic E-state index is 12.1. The minimum atomic E-state index is -0.810. The lowest BCUT2D eigenvalue weighted by Crippen LogP contribution is -2.43. The molecule has 0 aliphatic heterocycles. The molecule has 0 bridgehead atoms. The predicted octanol–water partition coefficient (Wildman–Crippen LogP) is 1.12. The zero-order valence-electron chi connectivity index (χ0n) is 12.1. The van der Waals surface area contributed by atoms with E-state index in [1.54, 1.807) is 42.2 Å². The second-order valence-corrected chi connectivity index (χ2v) is 4.80. The normalized spacial score (nSPS) is 11.9. The summed E-state index contributed by atoms with van der Waals surface area (Å²) < 4.78 is 12.0. The van der Waals surface area contributed by atoms with Crippen LogP contribution < -0.4 is 5.32 Å². The summed E-state index contributed by atoms with van der Waals surface area (Å²) in [6.07, 6.45) is 3.45. The molecule has 2 rings (SSSR count). The van der Waals surface area contributed by atoms with Crippen LogP contribution in [-0.4, -0.2) is 40.1 Å². The smallest absolute Gasteiger partial charge is 0.329 e. The number of hydrogen-bond acceptors (Lipinski definition) is 6. The number of thiol groups is 1. The molecular formula is C14H17N3O4S. The van der Waals surface area contributed by atoms with Gasteiger partial charge in [0.15, 0.2) is 5.76 Å². The van der Waals surface area contributed by atoms with Gasteiger partial charge in [0, 0.05) is 18.1 Å². The van der Waals surface area contributed by atoms with E-state index in [2.05, 4.69) is 23.0 Å². The Balaban J connectivity index is 1.97. The molecule has 1 N–H and O–H groups in total. The van der Waals surface area contributed by atoms with E-state index in [0.29, 0.717) is 12.3 Å². The maximum absolute atomic E-state index is 12.1. The van der Waals surface area contributed by atoms with E-state index < -0.39 is 17.9 Å². The summed E-state index contributed by atoms with van der Waals surface area (Å²) in [6.45, 7) is 2.37. The Bertz CT molecular complexity index is 624. The van der Waals surface area contributed by atoms with Gasteiger partial charge in [-0.15, -0.1) is 0 Å². The molecule has 0 saturated heterocycles. The van der Waals surface area contributed by atoms with E-state index in [0.717, 1.165) is 0 Å². The Kier molecular flexibility index (Phi) is 5.65. The SMILES string of the molecule is CCOC(=O)[C@H](CS)NC(=O)c1ccc(Cn2cccn2)o1. The summed E-state index contributed by atoms with van der Waals surface area (Å²) in [5.74, 6) is -0.149. The number of rotatable bonds is 7. The van der Waals surface area contributed by atoms with Gasteiger partial charge in [-0.1, -0.05) is 0 Å². The fourth-order valence-electron chi connectivity index (χ4n) is 1.79. The molecule has 2 aromatic rings. The van der Waals surface area contributed by atoms with Crippen LogP contribution in [0.25, 0.3) is 0 Å². The highest BCUT2D eigenvalue weighted by molar-refractivity contribution is 7.80. The molecule has 0 saturated carbocycles. The van der Waals surface area contributed by atoms with Crippen LogP contribution in [0.1, 0.15) is 23.2 Å². The first-order chi connectivity index (χ1) is 10.6. The van der Waals surface area contributed by atoms with Crippen LogP contribution in [0, 0.1) is 0 Å². The molecule has 1 atom stereocenters. The summed E-state index contributed by atoms with van der Waals surface area (Å²) in [5, 5.41) is 6.59. The Morgan fingerprint density at radius 3 is 2.95 bits per heavy atom. The summed E-state index contributed by atoms with van der Waals surface area (Å²) in [4.78, 5) is 23.7. The summed E-state index contributed by atoms with van der Waals surface area (Å²) in [6, 6.07) is 4.23. The first-order valence-corrected chi connectivity index (χ1v) is 7.41. The van der Waals surface area contributed by atoms with Gasteiger partial charge < -0.3 is 14.5 Å². The Morgan fingerprint density at radius 1 is 1.50 bits per heavy atom. The third-order valence-electron chi connectivity index (χ3n) is 2.82. The lowest BCUT2D eigenvalue weighted by molar-refractivity contribution is -0.144. The largest absolute Gasteiger partial charge is 0.464 e. The third-order valence-corrected chi connectivity index (χ3v) is 3.19. The number of carbonyl (C=O) groups excluding carboxylic acids is 2. The summed E-state index contributed by atoms with van der Waals surface area (Å²) in [7, 11) is 0. The third kappa shape index (κ3) is 4.14. The number of nitrogens with one attached hydrogen (secondary N) is 1. The highest BCUT2D eigenvalue weighted by Crippen LogP contribution is 2.10. The fraction of sp³-hybridized carbons (Fsp3) is 0.357. The quantitative estimate of drug-likeness (QED) is 0.589. The molecule has 118 valence electrons. The Hall–Kier alpha value is -2.22. The molecule has 22 heavy (non-hydrogen) atoms. The lowest BCUT2D eigenvalue weighted by atomic mass is 10.3. The van der Waals surface area contributed by atoms with Gasteiger partial charge in [-0.3, -0.25) is 9.48 Å². The predicted molar refractivity (Wildman–Crippen MR) is 81.8 cm³/mol. The van der Waals surface area contributed by atoms with Crippen LogP contribution >= 0.6 is 12.6 Å². The zero-order valence-corrected chi connectivity index (χ0v) is 13.0. The van der Waals surface area contributed by atoms with E-state index in [9.17, 15) is 9.59 Å². The van der Waals surface area contributed by atoms with Crippen molar-refractivity contribution in [3.05, 3.63) is 42.1 Å². The number of nitrogens with zero attached hydrogens (tertiary/aromatic N) is 2. The maximum Gasteiger partial charge on any atom is 0.329 e. The molecule has 1 amide bonds. The van der Waals surface area contributed by atoms with Crippen LogP contribution in [0.2, 0.25) is 0 Å². The van der Waals surface area contributed by atoms with Crippen molar-refractivity contribution < 1.29 is 18.7 Å². The summed E-state index contributed by atoms with van der Waals surface area (Å²) in [5.41, 5.74) is 0. The molecule has 2 heterocycles. The molecule has 0 aliphatic rings. The van der Waals surface area contributed by atoms with Gasteiger partial charge in [0.05, 0.1) is 13.2 Å². The number of hydrogen-bond donors (Lipinski definition) is 2. The molecule has 0 fully saturated rings. The minimum absolute atomic E-state index is 0.123. The van der Waals surface area contributed by atoms with E-state index in [1.807, 2.05) is 0 Å². The van der Waals surface area contributed by atoms with Crippen LogP contribution in [0.15, 0.2) is 35.0 Å². The first kappa shape index (κ1) is 16.2. The van der Waals surface area contributed by atoms with Crippen molar-refractivity contribution in [2.45, 2.75) is 19.5 Å². The second-order valence-electron chi connectivity index (χ2n) is 4.43. The molecule has 0 radical (unpaired) electrons. The Labute approximate surface area is 133 Å². The van der Waals surface area contributed by atoms with Crippen molar-refractivity contribution in [1.82, 2.24) is 15.1 Å². The highest BCUT2D eigenvalue weighted by atomic mass is 32.1. The minimum Gasteiger partial charge on any atom is -0.464 e. The molecule has 0 aliphatic carbocycles. The second kappa shape index (κ2) is 7.69. The standard InChI is InChI=1S/C14H17N3O4S/c1-2-20-14(19)11(9-22)16-13(18)12-5-4-10(21-12)8-17-7-3-6-15-17/h3-7,11,22H,2,8-9H2,1H3,(H,16,18)/t11-/m0/s1. The van der Waals surface area contributed by atoms with E-state index >= 15 is 0 Å². The van der Waals surface area contributed by atoms with Crippen molar-refractivity contribution in [1.29, 1.82) is 0 Å². The van der Waals surface area contributed by atoms with Crippen molar-refractivity contribution >= 4 is 24.5 Å². The molecule has 8 heteroatoms. The van der Waals surface area contributed by atoms with Crippen molar-refractivity contribution in [2.24, 2.45) is 0 Å². The number of amides is 1. The fourth-order valence-corrected chi connectivity index (χ4v) is 2.03. The topological polar surface area (TPSA) is 86.4 Å². The van der Waals surface area contributed by atoms with Crippen molar-refractivity contribution in [3.8, 4) is 0 Å². The number of ether oxygens (including phenoxy) is 1. The molecular weight excluding hydrogens is 306 g/mol. The average molecular weight is 323 g/mol. The highest BCUT2D eigenvalue weighted by Gasteiger charge is 2.22. The summed E-state index contributed by atoms with van der Waals surface area (Å²) >= 11 is 4.04. The van der Waals surface area contributed by atoms with Gasteiger partial charge in [0.1, 0.15) is 11.8 Å². The number of aromatic nitrogens is 2. The van der Waals surface area contributed by atoms with Crippen LogP contribution in [-0.2, 0) is 16.1 Å². The van der Waals surface area contributed by atoms with E-state index in [-0.39, 0.29) is 18.1 Å². The van der Waals surface area contributed by atoms with E-state index in [1.165, 1.54) is 0 Å². The first-order valence-electron chi connectivity index (χ1n) is 6.78. The molecule has 2 aromatic heterocycles. The Morgan fingerprint density at radius 2 is 2.32 bits per heavy atom. The number of furan rings is 1. The monoisotopic (exact) mass is 323 g/mol. The molecule has 0 unspecified atom stereocenters. The van der Waals surface area contributed by atoms with Gasteiger partial charge in [-0.25, -0.2) is 4.79 Å². The molecule has 7 nitrogen and oxygen atoms in total. The zero-order chi connectivity index (χ0) is 15.9. The van der Waals surface area contributed by atoms with Crippen LogP contribution in [0.5, 0.6) is 0 Å². The van der Waals surface area contributed by atoms with Crippen LogP contribution in [0.3, 0.4) is 0 Å². The van der Waals surface area contributed by atoms with Crippen molar-refractivity contribution in [2.75, 3.05) is 12.4 Å². The van der Waals surface area contributed by atoms with E-state index in [4.69, 9.17) is 9.15 Å². The lowest BCUT2D eigenvalue weighted by Gasteiger charge is -2.13. The molecule has 0 aromatic carbocycles. The average Bonchev–Trinajstić information content (AvgIpc) is 3.17. The van der Waals surface area contributed by atoms with Gasteiger partial charge in [-0.2, -0.15) is 17.7 Å². The van der Waals surface area contributed by atoms with Gasteiger partial charge >= 0.3 is 5.97 Å². The van der Waals surface area contributed by atoms with Crippen LogP contribution in [0.4, 0.5) is 0 Å². The molecule has 0 spiro atoms. The van der Waals surface area contributed by atoms with Crippen molar-refractivity contribution in [3.63, 3.8) is 0 Å². The van der Waals surface area contributed by atoms with Gasteiger partial charge in [0.25, 0.3) is 5.91 Å². The van der Waals surface area contributed by atoms with Gasteiger partial charge in [-0.05, 0) is 25.1 Å².